The highest BCUT2D eigenvalue weighted by atomic mass is 16.6. The van der Waals surface area contributed by atoms with Gasteiger partial charge in [0.05, 0.1) is 12.3 Å². The molecule has 0 fully saturated rings. The Kier molecular flexibility index (Phi) is 9.50. The Balaban J connectivity index is 1.28. The molecule has 1 unspecified atom stereocenters. The summed E-state index contributed by atoms with van der Waals surface area (Å²) in [5, 5.41) is 24.5. The molecule has 2 aliphatic rings. The lowest BCUT2D eigenvalue weighted by molar-refractivity contribution is -0.139. The molecule has 3 rings (SSSR count). The number of oxime groups is 1. The molecular formula is C22H30N6O6. The maximum absolute atomic E-state index is 12.2. The maximum Gasteiger partial charge on any atom is 0.408 e. The molecule has 2 aliphatic heterocycles. The first kappa shape index (κ1) is 24.8. The van der Waals surface area contributed by atoms with Gasteiger partial charge < -0.3 is 35.9 Å². The molecule has 0 saturated carbocycles. The van der Waals surface area contributed by atoms with Crippen molar-refractivity contribution in [2.75, 3.05) is 26.2 Å². The van der Waals surface area contributed by atoms with Crippen LogP contribution in [0.1, 0.15) is 31.2 Å². The molecule has 0 spiro atoms. The number of hydrogen-bond acceptors (Lipinski definition) is 9. The van der Waals surface area contributed by atoms with Crippen molar-refractivity contribution in [2.24, 2.45) is 10.1 Å². The van der Waals surface area contributed by atoms with Crippen molar-refractivity contribution >= 4 is 29.6 Å². The number of guanidine groups is 1. The molecule has 1 aromatic carbocycles. The lowest BCUT2D eigenvalue weighted by Crippen LogP contribution is -2.48. The van der Waals surface area contributed by atoms with E-state index in [1.807, 2.05) is 6.07 Å². The first-order valence-electron chi connectivity index (χ1n) is 11.2. The first-order chi connectivity index (χ1) is 16.5. The lowest BCUT2D eigenvalue weighted by atomic mass is 10.1. The summed E-state index contributed by atoms with van der Waals surface area (Å²) in [4.78, 5) is 45.1. The fourth-order valence-electron chi connectivity index (χ4n) is 3.33. The highest BCUT2D eigenvalue weighted by molar-refractivity contribution is 5.87. The van der Waals surface area contributed by atoms with E-state index in [0.29, 0.717) is 19.4 Å². The first-order valence-corrected chi connectivity index (χ1v) is 11.2. The van der Waals surface area contributed by atoms with Gasteiger partial charge in [-0.15, -0.1) is 0 Å². The Bertz CT molecular complexity index is 906. The number of rotatable bonds is 12. The van der Waals surface area contributed by atoms with Crippen LogP contribution in [0.3, 0.4) is 0 Å². The predicted octanol–water partition coefficient (Wildman–Crippen LogP) is 0.346. The van der Waals surface area contributed by atoms with E-state index >= 15 is 0 Å². The molecule has 184 valence electrons. The quantitative estimate of drug-likeness (QED) is 0.290. The topological polar surface area (TPSA) is 163 Å². The molecule has 12 heteroatoms. The van der Waals surface area contributed by atoms with Crippen LogP contribution in [0.4, 0.5) is 4.79 Å². The fourth-order valence-corrected chi connectivity index (χ4v) is 3.33. The Hall–Kier alpha value is -3.83. The second kappa shape index (κ2) is 13.0. The van der Waals surface area contributed by atoms with E-state index < -0.39 is 18.1 Å². The molecule has 2 atom stereocenters. The van der Waals surface area contributed by atoms with E-state index in [0.717, 1.165) is 36.7 Å². The largest absolute Gasteiger partial charge is 0.480 e. The molecule has 1 aromatic rings. The van der Waals surface area contributed by atoms with Crippen molar-refractivity contribution < 1.29 is 29.1 Å². The maximum atomic E-state index is 12.2. The minimum absolute atomic E-state index is 0.0124. The molecule has 0 radical (unpaired) electrons. The molecule has 0 saturated heterocycles. The summed E-state index contributed by atoms with van der Waals surface area (Å²) in [6.07, 6.45) is 0.892. The van der Waals surface area contributed by atoms with E-state index in [2.05, 4.69) is 31.4 Å². The van der Waals surface area contributed by atoms with Gasteiger partial charge in [-0.3, -0.25) is 9.79 Å². The molecule has 0 aromatic heterocycles. The number of amides is 2. The second-order valence-corrected chi connectivity index (χ2v) is 7.86. The van der Waals surface area contributed by atoms with Crippen LogP contribution in [-0.4, -0.2) is 73.1 Å². The summed E-state index contributed by atoms with van der Waals surface area (Å²) in [7, 11) is 0. The molecule has 12 nitrogen and oxygen atoms in total. The normalized spacial score (nSPS) is 17.5. The number of carboxylic acid groups (broad SMARTS) is 1. The number of carbonyl (C=O) groups excluding carboxylic acids is 2. The van der Waals surface area contributed by atoms with E-state index in [4.69, 9.17) is 9.57 Å². The van der Waals surface area contributed by atoms with Crippen molar-refractivity contribution in [3.63, 3.8) is 0 Å². The fraction of sp³-hybridized carbons (Fsp3) is 0.500. The van der Waals surface area contributed by atoms with Crippen LogP contribution in [0.5, 0.6) is 0 Å². The van der Waals surface area contributed by atoms with Crippen LogP contribution < -0.4 is 21.3 Å². The van der Waals surface area contributed by atoms with Gasteiger partial charge in [-0.2, -0.15) is 0 Å². The van der Waals surface area contributed by atoms with Gasteiger partial charge in [0.15, 0.2) is 5.96 Å². The van der Waals surface area contributed by atoms with Gasteiger partial charge in [0.25, 0.3) is 0 Å². The number of aliphatic imine (C=N–C) groups is 1. The smallest absolute Gasteiger partial charge is 0.408 e. The predicted molar refractivity (Wildman–Crippen MR) is 123 cm³/mol. The Morgan fingerprint density at radius 3 is 2.82 bits per heavy atom. The molecule has 2 amide bonds. The number of nitrogens with zero attached hydrogens (tertiary/aromatic N) is 2. The zero-order chi connectivity index (χ0) is 24.2. The molecule has 2 heterocycles. The highest BCUT2D eigenvalue weighted by Gasteiger charge is 2.24. The number of aliphatic carboxylic acids is 1. The van der Waals surface area contributed by atoms with Crippen LogP contribution in [0.25, 0.3) is 0 Å². The summed E-state index contributed by atoms with van der Waals surface area (Å²) in [5.41, 5.74) is 1.69. The number of carboxylic acids is 1. The summed E-state index contributed by atoms with van der Waals surface area (Å²) in [6, 6.07) is 7.70. The number of benzene rings is 1. The van der Waals surface area contributed by atoms with Crippen LogP contribution in [0.15, 0.2) is 40.5 Å². The SMILES string of the molecule is O=C(CCC1CC(CCNC2=NCCN2)=NO1)NC[C@H](NC(=O)OCc1ccccc1)C(=O)O. The van der Waals surface area contributed by atoms with Crippen LogP contribution in [0.2, 0.25) is 0 Å². The molecule has 0 bridgehead atoms. The number of alkyl carbamates (subject to hydrolysis) is 1. The molecule has 0 aliphatic carbocycles. The van der Waals surface area contributed by atoms with Crippen LogP contribution in [0, 0.1) is 0 Å². The van der Waals surface area contributed by atoms with Crippen LogP contribution >= 0.6 is 0 Å². The number of nitrogens with one attached hydrogen (secondary N) is 4. The van der Waals surface area contributed by atoms with E-state index in [9.17, 15) is 19.5 Å². The summed E-state index contributed by atoms with van der Waals surface area (Å²) >= 11 is 0. The van der Waals surface area contributed by atoms with E-state index in [1.165, 1.54) is 0 Å². The zero-order valence-corrected chi connectivity index (χ0v) is 18.8. The van der Waals surface area contributed by atoms with Crippen LogP contribution in [-0.2, 0) is 25.8 Å². The van der Waals surface area contributed by atoms with Crippen molar-refractivity contribution in [1.29, 1.82) is 0 Å². The Labute approximate surface area is 197 Å². The Morgan fingerprint density at radius 1 is 1.26 bits per heavy atom. The molecule has 5 N–H and O–H groups in total. The third-order valence-corrected chi connectivity index (χ3v) is 5.17. The minimum Gasteiger partial charge on any atom is -0.480 e. The third kappa shape index (κ3) is 8.60. The average Bonchev–Trinajstić information content (AvgIpc) is 3.52. The monoisotopic (exact) mass is 474 g/mol. The Morgan fingerprint density at radius 2 is 2.09 bits per heavy atom. The van der Waals surface area contributed by atoms with Gasteiger partial charge >= 0.3 is 12.1 Å². The minimum atomic E-state index is -1.31. The summed E-state index contributed by atoms with van der Waals surface area (Å²) < 4.78 is 5.03. The molecular weight excluding hydrogens is 444 g/mol. The van der Waals surface area contributed by atoms with Crippen molar-refractivity contribution in [2.45, 2.75) is 44.4 Å². The summed E-state index contributed by atoms with van der Waals surface area (Å²) in [6.45, 7) is 2.07. The van der Waals surface area contributed by atoms with Gasteiger partial charge in [-0.05, 0) is 12.0 Å². The number of carbonyl (C=O) groups is 3. The number of hydrogen-bond donors (Lipinski definition) is 5. The van der Waals surface area contributed by atoms with Gasteiger partial charge in [0, 0.05) is 38.9 Å². The van der Waals surface area contributed by atoms with E-state index in [-0.39, 0.29) is 31.6 Å². The van der Waals surface area contributed by atoms with Gasteiger partial charge in [0.2, 0.25) is 5.91 Å². The average molecular weight is 475 g/mol. The zero-order valence-electron chi connectivity index (χ0n) is 18.8. The van der Waals surface area contributed by atoms with Crippen molar-refractivity contribution in [1.82, 2.24) is 21.3 Å². The van der Waals surface area contributed by atoms with Gasteiger partial charge in [-0.1, -0.05) is 35.5 Å². The summed E-state index contributed by atoms with van der Waals surface area (Å²) in [5.74, 6) is -0.817. The van der Waals surface area contributed by atoms with E-state index in [1.54, 1.807) is 24.3 Å². The lowest BCUT2D eigenvalue weighted by Gasteiger charge is -2.16. The third-order valence-electron chi connectivity index (χ3n) is 5.17. The standard InChI is InChI=1S/C22H30N6O6/c29-19(7-6-17-12-16(28-34-17)8-9-23-21-24-10-11-25-21)26-13-18(20(30)31)27-22(32)33-14-15-4-2-1-3-5-15/h1-5,17-18H,6-14H2,(H,26,29)(H,27,32)(H,30,31)(H2,23,24,25)/t17?,18-/m0/s1. The highest BCUT2D eigenvalue weighted by Crippen LogP contribution is 2.17. The molecule has 34 heavy (non-hydrogen) atoms. The van der Waals surface area contributed by atoms with Gasteiger partial charge in [-0.25, -0.2) is 9.59 Å². The van der Waals surface area contributed by atoms with Crippen molar-refractivity contribution in [3.05, 3.63) is 35.9 Å². The van der Waals surface area contributed by atoms with Gasteiger partial charge in [0.1, 0.15) is 18.8 Å². The number of ether oxygens (including phenoxy) is 1. The van der Waals surface area contributed by atoms with Crippen molar-refractivity contribution in [3.8, 4) is 0 Å². The second-order valence-electron chi connectivity index (χ2n) is 7.86.